The third-order valence-electron chi connectivity index (χ3n) is 6.65. The number of hydrogen-bond donors (Lipinski definition) is 1. The number of rotatable bonds is 6. The van der Waals surface area contributed by atoms with Gasteiger partial charge in [-0.1, -0.05) is 18.2 Å². The number of alkyl halides is 2. The van der Waals surface area contributed by atoms with Crippen molar-refractivity contribution in [3.8, 4) is 5.75 Å². The fourth-order valence-corrected chi connectivity index (χ4v) is 5.44. The number of aryl methyl sites for hydroxylation is 1. The summed E-state index contributed by atoms with van der Waals surface area (Å²) in [4.78, 5) is 25.2. The predicted octanol–water partition coefficient (Wildman–Crippen LogP) is 4.73. The average molecular weight is 566 g/mol. The normalized spacial score (nSPS) is 17.5. The Morgan fingerprint density at radius 2 is 1.87 bits per heavy atom. The van der Waals surface area contributed by atoms with E-state index in [9.17, 15) is 26.4 Å². The molecule has 2 aromatic carbocycles. The summed E-state index contributed by atoms with van der Waals surface area (Å²) in [5.74, 6) is -0.750. The van der Waals surface area contributed by atoms with Crippen LogP contribution >= 0.6 is 0 Å². The summed E-state index contributed by atoms with van der Waals surface area (Å²) in [6, 6.07) is 5.45. The zero-order chi connectivity index (χ0) is 28.6. The van der Waals surface area contributed by atoms with E-state index in [2.05, 4.69) is 20.2 Å². The SMILES string of the molecule is Cc1nc(N[C@H](C)c2cccc(C(F)F)c2F)c2cc(OC(=O)N3CCN(C)C[C@H]3C)c(S(C)(=O)=O)cc2n1. The maximum atomic E-state index is 14.8. The van der Waals surface area contributed by atoms with Crippen molar-refractivity contribution in [2.75, 3.05) is 38.3 Å². The van der Waals surface area contributed by atoms with Crippen LogP contribution in [0.25, 0.3) is 10.9 Å². The van der Waals surface area contributed by atoms with Crippen molar-refractivity contribution in [2.45, 2.75) is 44.2 Å². The van der Waals surface area contributed by atoms with Gasteiger partial charge in [0.1, 0.15) is 22.4 Å². The number of ether oxygens (including phenoxy) is 1. The van der Waals surface area contributed by atoms with Crippen molar-refractivity contribution in [1.82, 2.24) is 19.8 Å². The number of anilines is 1. The molecular weight excluding hydrogens is 535 g/mol. The summed E-state index contributed by atoms with van der Waals surface area (Å²) in [5, 5.41) is 3.33. The van der Waals surface area contributed by atoms with Crippen molar-refractivity contribution in [3.63, 3.8) is 0 Å². The highest BCUT2D eigenvalue weighted by molar-refractivity contribution is 7.90. The molecule has 0 saturated carbocycles. The molecule has 0 aliphatic carbocycles. The van der Waals surface area contributed by atoms with Gasteiger partial charge in [0.15, 0.2) is 15.6 Å². The number of hydrogen-bond acceptors (Lipinski definition) is 8. The maximum Gasteiger partial charge on any atom is 0.415 e. The van der Waals surface area contributed by atoms with Gasteiger partial charge in [-0.3, -0.25) is 0 Å². The van der Waals surface area contributed by atoms with Crippen molar-refractivity contribution < 1.29 is 31.1 Å². The number of carbonyl (C=O) groups is 1. The number of fused-ring (bicyclic) bond motifs is 1. The van der Waals surface area contributed by atoms with Crippen LogP contribution in [0.1, 0.15) is 43.3 Å². The van der Waals surface area contributed by atoms with E-state index in [0.717, 1.165) is 12.3 Å². The first kappa shape index (κ1) is 28.6. The third-order valence-corrected chi connectivity index (χ3v) is 7.77. The Bertz CT molecular complexity index is 1520. The van der Waals surface area contributed by atoms with E-state index < -0.39 is 39.8 Å². The summed E-state index contributed by atoms with van der Waals surface area (Å²) < 4.78 is 72.2. The van der Waals surface area contributed by atoms with Gasteiger partial charge in [0.05, 0.1) is 17.1 Å². The molecule has 0 unspecified atom stereocenters. The molecule has 1 aliphatic heterocycles. The van der Waals surface area contributed by atoms with Gasteiger partial charge in [-0.15, -0.1) is 0 Å². The Morgan fingerprint density at radius 1 is 1.18 bits per heavy atom. The minimum Gasteiger partial charge on any atom is -0.409 e. The van der Waals surface area contributed by atoms with Gasteiger partial charge >= 0.3 is 6.09 Å². The molecule has 1 fully saturated rings. The first-order valence-electron chi connectivity index (χ1n) is 12.3. The number of benzene rings is 2. The number of sulfone groups is 1. The summed E-state index contributed by atoms with van der Waals surface area (Å²) >= 11 is 0. The van der Waals surface area contributed by atoms with Crippen molar-refractivity contribution in [1.29, 1.82) is 0 Å². The van der Waals surface area contributed by atoms with Crippen LogP contribution in [-0.4, -0.2) is 73.3 Å². The van der Waals surface area contributed by atoms with Crippen LogP contribution in [0.3, 0.4) is 0 Å². The monoisotopic (exact) mass is 565 g/mol. The highest BCUT2D eigenvalue weighted by atomic mass is 32.2. The molecule has 1 aliphatic rings. The van der Waals surface area contributed by atoms with Crippen molar-refractivity contribution in [3.05, 3.63) is 53.1 Å². The van der Waals surface area contributed by atoms with E-state index in [4.69, 9.17) is 4.74 Å². The Morgan fingerprint density at radius 3 is 2.51 bits per heavy atom. The van der Waals surface area contributed by atoms with Gasteiger partial charge in [-0.05, 0) is 40.0 Å². The highest BCUT2D eigenvalue weighted by Gasteiger charge is 2.29. The molecule has 210 valence electrons. The van der Waals surface area contributed by atoms with Crippen LogP contribution in [0.5, 0.6) is 5.75 Å². The fraction of sp³-hybridized carbons (Fsp3) is 0.423. The van der Waals surface area contributed by atoms with Crippen molar-refractivity contribution >= 4 is 32.7 Å². The van der Waals surface area contributed by atoms with Gasteiger partial charge in [-0.25, -0.2) is 36.4 Å². The van der Waals surface area contributed by atoms with Gasteiger partial charge < -0.3 is 19.9 Å². The summed E-state index contributed by atoms with van der Waals surface area (Å²) in [6.07, 6.45) is -2.67. The first-order valence-corrected chi connectivity index (χ1v) is 14.2. The van der Waals surface area contributed by atoms with Crippen LogP contribution in [0.4, 0.5) is 23.8 Å². The summed E-state index contributed by atoms with van der Waals surface area (Å²) in [7, 11) is -1.90. The number of piperazine rings is 1. The number of carbonyl (C=O) groups excluding carboxylic acids is 1. The summed E-state index contributed by atoms with van der Waals surface area (Å²) in [5.41, 5.74) is -0.470. The molecule has 1 aromatic heterocycles. The van der Waals surface area contributed by atoms with E-state index in [1.807, 2.05) is 14.0 Å². The minimum absolute atomic E-state index is 0.000627. The number of aromatic nitrogens is 2. The second-order valence-electron chi connectivity index (χ2n) is 9.80. The molecule has 0 spiro atoms. The molecular formula is C26H30F3N5O4S. The number of amides is 1. The standard InChI is InChI=1S/C26H30F3N5O4S/c1-14-13-33(4)9-10-34(14)26(35)38-21-11-19-20(12-22(21)39(5,36)37)31-16(3)32-25(19)30-15(2)17-7-6-8-18(23(17)27)24(28)29/h6-8,11-12,14-15,24H,9-10,13H2,1-5H3,(H,30,31,32)/t14-,15-/m1/s1. The van der Waals surface area contributed by atoms with Crippen LogP contribution in [0.2, 0.25) is 0 Å². The molecule has 9 nitrogen and oxygen atoms in total. The topological polar surface area (TPSA) is 105 Å². The van der Waals surface area contributed by atoms with Gasteiger partial charge in [-0.2, -0.15) is 0 Å². The number of nitrogens with zero attached hydrogens (tertiary/aromatic N) is 4. The molecule has 2 heterocycles. The van der Waals surface area contributed by atoms with Gasteiger partial charge in [0, 0.05) is 42.9 Å². The van der Waals surface area contributed by atoms with E-state index in [1.54, 1.807) is 13.8 Å². The Balaban J connectivity index is 1.76. The van der Waals surface area contributed by atoms with Crippen molar-refractivity contribution in [2.24, 2.45) is 0 Å². The van der Waals surface area contributed by atoms with Gasteiger partial charge in [0.25, 0.3) is 6.43 Å². The lowest BCUT2D eigenvalue weighted by Gasteiger charge is -2.37. The minimum atomic E-state index is -3.84. The largest absolute Gasteiger partial charge is 0.415 e. The zero-order valence-electron chi connectivity index (χ0n) is 22.2. The molecule has 3 aromatic rings. The predicted molar refractivity (Wildman–Crippen MR) is 140 cm³/mol. The maximum absolute atomic E-state index is 14.8. The Labute approximate surface area is 224 Å². The smallest absolute Gasteiger partial charge is 0.409 e. The van der Waals surface area contributed by atoms with Crippen LogP contribution < -0.4 is 10.1 Å². The van der Waals surface area contributed by atoms with E-state index in [-0.39, 0.29) is 39.4 Å². The lowest BCUT2D eigenvalue weighted by molar-refractivity contribution is 0.0887. The van der Waals surface area contributed by atoms with E-state index in [0.29, 0.717) is 25.0 Å². The summed E-state index contributed by atoms with van der Waals surface area (Å²) in [6.45, 7) is 6.73. The van der Waals surface area contributed by atoms with Crippen LogP contribution in [0, 0.1) is 12.7 Å². The van der Waals surface area contributed by atoms with Crippen LogP contribution in [-0.2, 0) is 9.84 Å². The number of nitrogens with one attached hydrogen (secondary N) is 1. The lowest BCUT2D eigenvalue weighted by atomic mass is 10.0. The molecule has 1 saturated heterocycles. The molecule has 1 amide bonds. The molecule has 2 atom stereocenters. The molecule has 39 heavy (non-hydrogen) atoms. The quantitative estimate of drug-likeness (QED) is 0.458. The van der Waals surface area contributed by atoms with Gasteiger partial charge in [0.2, 0.25) is 0 Å². The number of likely N-dealkylation sites (N-methyl/N-ethyl adjacent to an activating group) is 1. The Kier molecular flexibility index (Phi) is 8.03. The third kappa shape index (κ3) is 6.09. The average Bonchev–Trinajstić information content (AvgIpc) is 2.83. The van der Waals surface area contributed by atoms with E-state index >= 15 is 0 Å². The second-order valence-corrected chi connectivity index (χ2v) is 11.8. The molecule has 1 N–H and O–H groups in total. The highest BCUT2D eigenvalue weighted by Crippen LogP contribution is 2.35. The zero-order valence-corrected chi connectivity index (χ0v) is 23.0. The number of halogens is 3. The van der Waals surface area contributed by atoms with Crippen LogP contribution in [0.15, 0.2) is 35.2 Å². The second kappa shape index (κ2) is 11.0. The molecule has 0 radical (unpaired) electrons. The Hall–Kier alpha value is -3.45. The van der Waals surface area contributed by atoms with E-state index in [1.165, 1.54) is 29.2 Å². The molecule has 4 rings (SSSR count). The molecule has 0 bridgehead atoms. The molecule has 13 heteroatoms. The first-order chi connectivity index (χ1) is 18.3. The lowest BCUT2D eigenvalue weighted by Crippen LogP contribution is -2.53. The fourth-order valence-electron chi connectivity index (χ4n) is 4.65.